The average molecular weight is 338 g/mol. The monoisotopic (exact) mass is 336 g/mol. The molecule has 0 aliphatic heterocycles. The predicted octanol–water partition coefficient (Wildman–Crippen LogP) is 3.70. The van der Waals surface area contributed by atoms with Crippen LogP contribution in [0.2, 0.25) is 5.02 Å². The molecule has 0 radical (unpaired) electrons. The van der Waals surface area contributed by atoms with E-state index >= 15 is 0 Å². The fourth-order valence-corrected chi connectivity index (χ4v) is 2.37. The predicted molar refractivity (Wildman–Crippen MR) is 75.3 cm³/mol. The van der Waals surface area contributed by atoms with Gasteiger partial charge >= 0.3 is 0 Å². The molecule has 0 unspecified atom stereocenters. The molecule has 0 saturated carbocycles. The highest BCUT2D eigenvalue weighted by Gasteiger charge is 2.11. The first-order valence-corrected chi connectivity index (χ1v) is 6.86. The van der Waals surface area contributed by atoms with Gasteiger partial charge in [0.25, 0.3) is 0 Å². The minimum absolute atomic E-state index is 0.138. The fraction of sp³-hybridized carbons (Fsp3) is 0.417. The first-order chi connectivity index (χ1) is 8.54. The van der Waals surface area contributed by atoms with E-state index in [1.54, 1.807) is 0 Å². The molecule has 3 N–H and O–H groups in total. The van der Waals surface area contributed by atoms with E-state index in [1.807, 2.05) is 0 Å². The summed E-state index contributed by atoms with van der Waals surface area (Å²) in [6.45, 7) is 0.636. The quantitative estimate of drug-likeness (QED) is 0.778. The van der Waals surface area contributed by atoms with Crippen LogP contribution in [0, 0.1) is 5.82 Å². The maximum atomic E-state index is 13.0. The number of nitrogens with one attached hydrogen (secondary N) is 1. The van der Waals surface area contributed by atoms with Crippen LogP contribution in [-0.2, 0) is 4.79 Å². The second-order valence-corrected chi connectivity index (χ2v) is 5.15. The number of amides is 1. The molecule has 0 heterocycles. The molecule has 100 valence electrons. The summed E-state index contributed by atoms with van der Waals surface area (Å²) in [6.07, 6.45) is 3.01. The minimum atomic E-state index is -0.451. The Balaban J connectivity index is 2.54. The first-order valence-electron chi connectivity index (χ1n) is 5.69. The number of hydrogen-bond acceptors (Lipinski definition) is 2. The lowest BCUT2D eigenvalue weighted by molar-refractivity contribution is -0.116. The lowest BCUT2D eigenvalue weighted by atomic mass is 10.2. The van der Waals surface area contributed by atoms with Crippen molar-refractivity contribution in [2.45, 2.75) is 25.7 Å². The van der Waals surface area contributed by atoms with Crippen LogP contribution in [-0.4, -0.2) is 12.5 Å². The molecule has 0 aliphatic rings. The van der Waals surface area contributed by atoms with Crippen LogP contribution in [0.25, 0.3) is 0 Å². The zero-order valence-electron chi connectivity index (χ0n) is 9.81. The van der Waals surface area contributed by atoms with E-state index in [1.165, 1.54) is 6.07 Å². The fourth-order valence-electron chi connectivity index (χ4n) is 1.47. The number of rotatable bonds is 6. The van der Waals surface area contributed by atoms with Crippen molar-refractivity contribution in [2.24, 2.45) is 5.73 Å². The molecule has 0 saturated heterocycles. The third-order valence-electron chi connectivity index (χ3n) is 2.38. The van der Waals surface area contributed by atoms with Gasteiger partial charge in [-0.3, -0.25) is 4.79 Å². The van der Waals surface area contributed by atoms with Crippen molar-refractivity contribution in [3.05, 3.63) is 27.4 Å². The SMILES string of the molecule is NCCCCCC(=O)Nc1c(Cl)cc(F)cc1Br. The van der Waals surface area contributed by atoms with Crippen LogP contribution in [0.1, 0.15) is 25.7 Å². The summed E-state index contributed by atoms with van der Waals surface area (Å²) in [5, 5.41) is 2.84. The van der Waals surface area contributed by atoms with Crippen LogP contribution >= 0.6 is 27.5 Å². The molecule has 0 spiro atoms. The van der Waals surface area contributed by atoms with Gasteiger partial charge < -0.3 is 11.1 Å². The second kappa shape index (κ2) is 7.71. The van der Waals surface area contributed by atoms with Gasteiger partial charge in [0.05, 0.1) is 10.7 Å². The number of hydrogen-bond donors (Lipinski definition) is 2. The van der Waals surface area contributed by atoms with Crippen LogP contribution in [0.3, 0.4) is 0 Å². The van der Waals surface area contributed by atoms with Gasteiger partial charge in [-0.2, -0.15) is 0 Å². The Kier molecular flexibility index (Phi) is 6.60. The Morgan fingerprint density at radius 2 is 2.11 bits per heavy atom. The van der Waals surface area contributed by atoms with Crippen molar-refractivity contribution >= 4 is 39.1 Å². The van der Waals surface area contributed by atoms with E-state index in [4.69, 9.17) is 17.3 Å². The molecule has 1 aromatic rings. The Morgan fingerprint density at radius 3 is 2.72 bits per heavy atom. The van der Waals surface area contributed by atoms with Crippen LogP contribution in [0.15, 0.2) is 16.6 Å². The van der Waals surface area contributed by atoms with Gasteiger partial charge in [0, 0.05) is 10.9 Å². The number of anilines is 1. The Morgan fingerprint density at radius 1 is 1.39 bits per heavy atom. The Hall–Kier alpha value is -0.650. The van der Waals surface area contributed by atoms with E-state index in [-0.39, 0.29) is 10.9 Å². The lowest BCUT2D eigenvalue weighted by Crippen LogP contribution is -2.12. The smallest absolute Gasteiger partial charge is 0.224 e. The number of unbranched alkanes of at least 4 members (excludes halogenated alkanes) is 2. The van der Waals surface area contributed by atoms with Crippen molar-refractivity contribution < 1.29 is 9.18 Å². The largest absolute Gasteiger partial charge is 0.330 e. The molecular weight excluding hydrogens is 322 g/mol. The zero-order valence-corrected chi connectivity index (χ0v) is 12.2. The number of carbonyl (C=O) groups excluding carboxylic acids is 1. The molecule has 1 aromatic carbocycles. The molecule has 6 heteroatoms. The number of carbonyl (C=O) groups is 1. The van der Waals surface area contributed by atoms with Gasteiger partial charge in [-0.15, -0.1) is 0 Å². The number of benzene rings is 1. The molecule has 3 nitrogen and oxygen atoms in total. The normalized spacial score (nSPS) is 10.4. The molecule has 1 amide bonds. The standard InChI is InChI=1S/C12H15BrClFN2O/c13-9-6-8(15)7-10(14)12(9)17-11(18)4-2-1-3-5-16/h6-7H,1-5,16H2,(H,17,18). The van der Waals surface area contributed by atoms with Crippen molar-refractivity contribution in [1.82, 2.24) is 0 Å². The number of nitrogens with two attached hydrogens (primary N) is 1. The van der Waals surface area contributed by atoms with E-state index < -0.39 is 5.82 Å². The summed E-state index contributed by atoms with van der Waals surface area (Å²) >= 11 is 9.03. The number of halogens is 3. The summed E-state index contributed by atoms with van der Waals surface area (Å²) < 4.78 is 13.4. The van der Waals surface area contributed by atoms with Crippen molar-refractivity contribution in [2.75, 3.05) is 11.9 Å². The van der Waals surface area contributed by atoms with Crippen molar-refractivity contribution in [3.8, 4) is 0 Å². The van der Waals surface area contributed by atoms with Crippen molar-refractivity contribution in [3.63, 3.8) is 0 Å². The lowest BCUT2D eigenvalue weighted by Gasteiger charge is -2.09. The summed E-state index contributed by atoms with van der Waals surface area (Å²) in [7, 11) is 0. The molecule has 0 aliphatic carbocycles. The highest BCUT2D eigenvalue weighted by Crippen LogP contribution is 2.31. The van der Waals surface area contributed by atoms with Gasteiger partial charge in [-0.05, 0) is 47.4 Å². The van der Waals surface area contributed by atoms with Crippen molar-refractivity contribution in [1.29, 1.82) is 0 Å². The molecule has 0 atom stereocenters. The van der Waals surface area contributed by atoms with Gasteiger partial charge in [0.2, 0.25) is 5.91 Å². The molecule has 1 rings (SSSR count). The first kappa shape index (κ1) is 15.4. The average Bonchev–Trinajstić information content (AvgIpc) is 2.29. The Bertz CT molecular complexity index is 406. The van der Waals surface area contributed by atoms with E-state index in [9.17, 15) is 9.18 Å². The van der Waals surface area contributed by atoms with Crippen LogP contribution in [0.4, 0.5) is 10.1 Å². The topological polar surface area (TPSA) is 55.1 Å². The van der Waals surface area contributed by atoms with E-state index in [0.29, 0.717) is 23.1 Å². The zero-order chi connectivity index (χ0) is 13.5. The summed E-state index contributed by atoms with van der Waals surface area (Å²) in [5.41, 5.74) is 5.77. The summed E-state index contributed by atoms with van der Waals surface area (Å²) in [6, 6.07) is 2.42. The minimum Gasteiger partial charge on any atom is -0.330 e. The van der Waals surface area contributed by atoms with E-state index in [0.717, 1.165) is 25.3 Å². The second-order valence-electron chi connectivity index (χ2n) is 3.89. The van der Waals surface area contributed by atoms with Crippen LogP contribution in [0.5, 0.6) is 0 Å². The maximum absolute atomic E-state index is 13.0. The van der Waals surface area contributed by atoms with Gasteiger partial charge in [0.15, 0.2) is 0 Å². The molecule has 18 heavy (non-hydrogen) atoms. The highest BCUT2D eigenvalue weighted by atomic mass is 79.9. The van der Waals surface area contributed by atoms with Gasteiger partial charge in [0.1, 0.15) is 5.82 Å². The molecule has 0 aromatic heterocycles. The Labute approximate surface area is 119 Å². The summed E-state index contributed by atoms with van der Waals surface area (Å²) in [5.74, 6) is -0.589. The molecule has 0 fully saturated rings. The van der Waals surface area contributed by atoms with Crippen LogP contribution < -0.4 is 11.1 Å². The maximum Gasteiger partial charge on any atom is 0.224 e. The molecule has 0 bridgehead atoms. The van der Waals surface area contributed by atoms with Gasteiger partial charge in [-0.25, -0.2) is 4.39 Å². The molecular formula is C12H15BrClFN2O. The van der Waals surface area contributed by atoms with Gasteiger partial charge in [-0.1, -0.05) is 18.0 Å². The highest BCUT2D eigenvalue weighted by molar-refractivity contribution is 9.10. The summed E-state index contributed by atoms with van der Waals surface area (Å²) in [4.78, 5) is 11.6. The third kappa shape index (κ3) is 4.92. The third-order valence-corrected chi connectivity index (χ3v) is 3.30. The van der Waals surface area contributed by atoms with E-state index in [2.05, 4.69) is 21.2 Å².